The Kier molecular flexibility index (Phi) is 4.67. The second kappa shape index (κ2) is 5.63. The molecule has 0 saturated carbocycles. The molecule has 0 fully saturated rings. The molecule has 3 nitrogen and oxygen atoms in total. The predicted octanol–water partition coefficient (Wildman–Crippen LogP) is 2.99. The van der Waals surface area contributed by atoms with Gasteiger partial charge < -0.3 is 9.84 Å². The van der Waals surface area contributed by atoms with Gasteiger partial charge in [0.05, 0.1) is 7.11 Å². The summed E-state index contributed by atoms with van der Waals surface area (Å²) in [5, 5.41) is 9.54. The number of alkyl halides is 3. The summed E-state index contributed by atoms with van der Waals surface area (Å²) in [6, 6.07) is 3.60. The maximum atomic E-state index is 13.3. The lowest BCUT2D eigenvalue weighted by atomic mass is 9.75. The molecule has 1 N–H and O–H groups in total. The lowest BCUT2D eigenvalue weighted by Crippen LogP contribution is -2.50. The molecule has 21 heavy (non-hydrogen) atoms. The lowest BCUT2D eigenvalue weighted by Gasteiger charge is -2.34. The number of aliphatic hydroxyl groups is 1. The van der Waals surface area contributed by atoms with Crippen LogP contribution in [0.25, 0.3) is 0 Å². The molecule has 1 unspecified atom stereocenters. The molecule has 1 atom stereocenters. The minimum Gasteiger partial charge on any atom is -0.494 e. The molecule has 0 saturated heterocycles. The van der Waals surface area contributed by atoms with E-state index >= 15 is 0 Å². The van der Waals surface area contributed by atoms with E-state index in [1.807, 2.05) is 0 Å². The van der Waals surface area contributed by atoms with E-state index in [4.69, 9.17) is 4.74 Å². The first-order valence-electron chi connectivity index (χ1n) is 6.06. The van der Waals surface area contributed by atoms with Crippen LogP contribution in [0.2, 0.25) is 0 Å². The van der Waals surface area contributed by atoms with E-state index in [1.54, 1.807) is 0 Å². The zero-order valence-electron chi connectivity index (χ0n) is 11.8. The number of hydrogen-bond donors (Lipinski definition) is 1. The number of carbonyl (C=O) groups excluding carboxylic acids is 1. The van der Waals surface area contributed by atoms with Gasteiger partial charge in [-0.1, -0.05) is 19.9 Å². The Balaban J connectivity index is 3.19. The molecule has 1 rings (SSSR count). The van der Waals surface area contributed by atoms with E-state index < -0.39 is 35.7 Å². The first-order valence-corrected chi connectivity index (χ1v) is 6.06. The molecule has 0 aliphatic carbocycles. The number of ether oxygens (including phenoxy) is 1. The second-order valence-electron chi connectivity index (χ2n) is 5.45. The maximum Gasteiger partial charge on any atom is 0.424 e. The van der Waals surface area contributed by atoms with Gasteiger partial charge in [0.1, 0.15) is 0 Å². The van der Waals surface area contributed by atoms with E-state index in [9.17, 15) is 27.5 Å². The van der Waals surface area contributed by atoms with E-state index in [0.717, 1.165) is 6.07 Å². The van der Waals surface area contributed by atoms with Gasteiger partial charge in [-0.25, -0.2) is 4.39 Å². The number of halogens is 4. The predicted molar refractivity (Wildman–Crippen MR) is 67.7 cm³/mol. The molecule has 0 bridgehead atoms. The van der Waals surface area contributed by atoms with E-state index in [0.29, 0.717) is 5.56 Å². The van der Waals surface area contributed by atoms with Gasteiger partial charge >= 0.3 is 6.18 Å². The summed E-state index contributed by atoms with van der Waals surface area (Å²) in [6.07, 6.45) is -6.49. The summed E-state index contributed by atoms with van der Waals surface area (Å²) >= 11 is 0. The molecule has 0 amide bonds. The molecule has 0 spiro atoms. The van der Waals surface area contributed by atoms with Gasteiger partial charge in [-0.05, 0) is 23.1 Å². The average molecular weight is 308 g/mol. The van der Waals surface area contributed by atoms with E-state index in [1.165, 1.54) is 33.1 Å². The molecular weight excluding hydrogens is 292 g/mol. The zero-order valence-corrected chi connectivity index (χ0v) is 11.8. The normalized spacial score (nSPS) is 15.4. The van der Waals surface area contributed by atoms with Crippen molar-refractivity contribution in [3.05, 3.63) is 29.6 Å². The molecule has 0 radical (unpaired) electrons. The minimum absolute atomic E-state index is 0.123. The Morgan fingerprint density at radius 3 is 2.29 bits per heavy atom. The third-order valence-corrected chi connectivity index (χ3v) is 3.33. The van der Waals surface area contributed by atoms with Crippen molar-refractivity contribution in [3.63, 3.8) is 0 Å². The zero-order chi connectivity index (χ0) is 16.5. The van der Waals surface area contributed by atoms with Gasteiger partial charge in [-0.2, -0.15) is 13.2 Å². The SMILES string of the molecule is COc1cc(C(C)(C)CC(O)(C=O)C(F)(F)F)ccc1F. The fourth-order valence-corrected chi connectivity index (χ4v) is 2.07. The van der Waals surface area contributed by atoms with Crippen LogP contribution in [-0.4, -0.2) is 30.3 Å². The maximum absolute atomic E-state index is 13.3. The van der Waals surface area contributed by atoms with Crippen LogP contribution >= 0.6 is 0 Å². The fourth-order valence-electron chi connectivity index (χ4n) is 2.07. The van der Waals surface area contributed by atoms with Crippen LogP contribution in [0.15, 0.2) is 18.2 Å². The van der Waals surface area contributed by atoms with Gasteiger partial charge in [-0.3, -0.25) is 4.79 Å². The lowest BCUT2D eigenvalue weighted by molar-refractivity contribution is -0.250. The highest BCUT2D eigenvalue weighted by Crippen LogP contribution is 2.40. The van der Waals surface area contributed by atoms with Crippen LogP contribution in [0.4, 0.5) is 17.6 Å². The Bertz CT molecular complexity index is 525. The summed E-state index contributed by atoms with van der Waals surface area (Å²) < 4.78 is 56.5. The summed E-state index contributed by atoms with van der Waals surface area (Å²) in [5.74, 6) is -0.777. The van der Waals surface area contributed by atoms with Crippen LogP contribution in [0, 0.1) is 5.82 Å². The van der Waals surface area contributed by atoms with Crippen molar-refractivity contribution in [2.75, 3.05) is 7.11 Å². The average Bonchev–Trinajstić information content (AvgIpc) is 2.37. The number of carbonyl (C=O) groups is 1. The summed E-state index contributed by atoms with van der Waals surface area (Å²) in [6.45, 7) is 2.83. The second-order valence-corrected chi connectivity index (χ2v) is 5.45. The van der Waals surface area contributed by atoms with Crippen molar-refractivity contribution < 1.29 is 32.2 Å². The number of hydrogen-bond acceptors (Lipinski definition) is 3. The molecule has 0 heterocycles. The standard InChI is InChI=1S/C14H16F4O3/c1-12(2,7-13(20,8-19)14(16,17)18)9-4-5-10(15)11(6-9)21-3/h4-6,8,20H,7H2,1-3H3. The van der Waals surface area contributed by atoms with Gasteiger partial charge in [0, 0.05) is 6.42 Å². The first-order chi connectivity index (χ1) is 9.47. The molecule has 1 aromatic carbocycles. The van der Waals surface area contributed by atoms with Gasteiger partial charge in [-0.15, -0.1) is 0 Å². The third kappa shape index (κ3) is 3.53. The first kappa shape index (κ1) is 17.4. The molecule has 118 valence electrons. The van der Waals surface area contributed by atoms with Crippen molar-refractivity contribution in [1.82, 2.24) is 0 Å². The number of benzene rings is 1. The van der Waals surface area contributed by atoms with Gasteiger partial charge in [0.25, 0.3) is 0 Å². The minimum atomic E-state index is -5.09. The summed E-state index contributed by atoms with van der Waals surface area (Å²) in [4.78, 5) is 10.7. The van der Waals surface area contributed by atoms with Crippen molar-refractivity contribution in [2.45, 2.75) is 37.5 Å². The molecular formula is C14H16F4O3. The summed E-state index contributed by atoms with van der Waals surface area (Å²) in [7, 11) is 1.23. The summed E-state index contributed by atoms with van der Waals surface area (Å²) in [5.41, 5.74) is -4.38. The van der Waals surface area contributed by atoms with Crippen LogP contribution < -0.4 is 4.74 Å². The molecule has 1 aromatic rings. The van der Waals surface area contributed by atoms with Crippen molar-refractivity contribution in [3.8, 4) is 5.75 Å². The largest absolute Gasteiger partial charge is 0.494 e. The highest BCUT2D eigenvalue weighted by molar-refractivity contribution is 5.64. The van der Waals surface area contributed by atoms with Gasteiger partial charge in [0.2, 0.25) is 5.60 Å². The quantitative estimate of drug-likeness (QED) is 0.672. The Hall–Kier alpha value is -1.63. The van der Waals surface area contributed by atoms with Gasteiger partial charge in [0.15, 0.2) is 17.9 Å². The van der Waals surface area contributed by atoms with E-state index in [2.05, 4.69) is 0 Å². The van der Waals surface area contributed by atoms with Crippen molar-refractivity contribution >= 4 is 6.29 Å². The number of aldehydes is 1. The molecule has 0 aliphatic heterocycles. The molecule has 0 aliphatic rings. The van der Waals surface area contributed by atoms with Crippen molar-refractivity contribution in [2.24, 2.45) is 0 Å². The molecule has 7 heteroatoms. The Morgan fingerprint density at radius 1 is 1.29 bits per heavy atom. The molecule has 0 aromatic heterocycles. The smallest absolute Gasteiger partial charge is 0.424 e. The van der Waals surface area contributed by atoms with Crippen LogP contribution in [0.1, 0.15) is 25.8 Å². The Morgan fingerprint density at radius 2 is 1.86 bits per heavy atom. The highest BCUT2D eigenvalue weighted by atomic mass is 19.4. The van der Waals surface area contributed by atoms with Crippen LogP contribution in [-0.2, 0) is 10.2 Å². The Labute approximate surface area is 119 Å². The van der Waals surface area contributed by atoms with Crippen molar-refractivity contribution in [1.29, 1.82) is 0 Å². The van der Waals surface area contributed by atoms with E-state index in [-0.39, 0.29) is 5.75 Å². The highest BCUT2D eigenvalue weighted by Gasteiger charge is 2.56. The third-order valence-electron chi connectivity index (χ3n) is 3.33. The van der Waals surface area contributed by atoms with Crippen LogP contribution in [0.5, 0.6) is 5.75 Å². The fraction of sp³-hybridized carbons (Fsp3) is 0.500. The van der Waals surface area contributed by atoms with Crippen LogP contribution in [0.3, 0.4) is 0 Å². The topological polar surface area (TPSA) is 46.5 Å². The monoisotopic (exact) mass is 308 g/mol. The number of rotatable bonds is 5. The number of methoxy groups -OCH3 is 1.